The molecule has 0 N–H and O–H groups in total. The molecule has 0 aromatic heterocycles. The quantitative estimate of drug-likeness (QED) is 0.541. The molecule has 1 atom stereocenters. The summed E-state index contributed by atoms with van der Waals surface area (Å²) in [5.41, 5.74) is 6.04. The van der Waals surface area contributed by atoms with E-state index in [4.69, 9.17) is 9.47 Å². The topological polar surface area (TPSA) is 18.5 Å². The molecule has 0 amide bonds. The summed E-state index contributed by atoms with van der Waals surface area (Å²) in [6.45, 7) is 4.84. The average Bonchev–Trinajstić information content (AvgIpc) is 2.68. The zero-order valence-electron chi connectivity index (χ0n) is 15.0. The molecule has 0 bridgehead atoms. The lowest BCUT2D eigenvalue weighted by Gasteiger charge is -2.14. The van der Waals surface area contributed by atoms with Crippen molar-refractivity contribution in [3.05, 3.63) is 78.4 Å². The molecule has 0 aliphatic rings. The van der Waals surface area contributed by atoms with Gasteiger partial charge in [-0.2, -0.15) is 0 Å². The molecular weight excluding hydrogens is 308 g/mol. The zero-order valence-corrected chi connectivity index (χ0v) is 15.0. The van der Waals surface area contributed by atoms with Crippen molar-refractivity contribution in [2.45, 2.75) is 20.0 Å². The van der Waals surface area contributed by atoms with Crippen LogP contribution in [0.15, 0.2) is 72.8 Å². The monoisotopic (exact) mass is 332 g/mol. The van der Waals surface area contributed by atoms with Gasteiger partial charge in [-0.1, -0.05) is 60.7 Å². The lowest BCUT2D eigenvalue weighted by atomic mass is 9.94. The van der Waals surface area contributed by atoms with Crippen LogP contribution in [0, 0.1) is 0 Å². The third-order valence-corrected chi connectivity index (χ3v) is 4.44. The molecule has 128 valence electrons. The maximum atomic E-state index is 5.68. The van der Waals surface area contributed by atoms with Crippen molar-refractivity contribution in [2.75, 3.05) is 13.7 Å². The maximum Gasteiger partial charge on any atom is 0.118 e. The van der Waals surface area contributed by atoms with Crippen molar-refractivity contribution < 1.29 is 9.47 Å². The second-order valence-corrected chi connectivity index (χ2v) is 5.99. The van der Waals surface area contributed by atoms with Crippen LogP contribution in [0.1, 0.15) is 25.5 Å². The van der Waals surface area contributed by atoms with E-state index in [1.54, 1.807) is 7.11 Å². The highest BCUT2D eigenvalue weighted by molar-refractivity contribution is 5.83. The van der Waals surface area contributed by atoms with Crippen LogP contribution in [0.25, 0.3) is 22.3 Å². The van der Waals surface area contributed by atoms with Crippen LogP contribution in [0.2, 0.25) is 0 Å². The highest BCUT2D eigenvalue weighted by Crippen LogP contribution is 2.33. The number of methoxy groups -OCH3 is 1. The van der Waals surface area contributed by atoms with Gasteiger partial charge in [-0.05, 0) is 53.8 Å². The fraction of sp³-hybridized carbons (Fsp3) is 0.217. The van der Waals surface area contributed by atoms with E-state index in [0.717, 1.165) is 12.4 Å². The summed E-state index contributed by atoms with van der Waals surface area (Å²) in [5.74, 6) is 0.871. The maximum absolute atomic E-state index is 5.68. The van der Waals surface area contributed by atoms with Crippen LogP contribution in [0.3, 0.4) is 0 Å². The molecule has 0 spiro atoms. The first-order chi connectivity index (χ1) is 12.2. The van der Waals surface area contributed by atoms with E-state index in [1.165, 1.54) is 27.8 Å². The summed E-state index contributed by atoms with van der Waals surface area (Å²) in [6, 6.07) is 25.3. The molecule has 2 nitrogen and oxygen atoms in total. The van der Waals surface area contributed by atoms with Crippen molar-refractivity contribution in [1.82, 2.24) is 0 Å². The first-order valence-electron chi connectivity index (χ1n) is 8.68. The van der Waals surface area contributed by atoms with Gasteiger partial charge in [0.25, 0.3) is 0 Å². The van der Waals surface area contributed by atoms with E-state index in [1.807, 2.05) is 19.1 Å². The van der Waals surface area contributed by atoms with Gasteiger partial charge in [0, 0.05) is 6.61 Å². The van der Waals surface area contributed by atoms with Gasteiger partial charge in [-0.15, -0.1) is 0 Å². The van der Waals surface area contributed by atoms with Gasteiger partial charge in [-0.3, -0.25) is 0 Å². The molecule has 0 aliphatic carbocycles. The second-order valence-electron chi connectivity index (χ2n) is 5.99. The average molecular weight is 332 g/mol. The minimum atomic E-state index is 0.121. The van der Waals surface area contributed by atoms with Crippen molar-refractivity contribution in [1.29, 1.82) is 0 Å². The van der Waals surface area contributed by atoms with Gasteiger partial charge >= 0.3 is 0 Å². The summed E-state index contributed by atoms with van der Waals surface area (Å²) in [4.78, 5) is 0. The van der Waals surface area contributed by atoms with Crippen molar-refractivity contribution in [2.24, 2.45) is 0 Å². The SMILES string of the molecule is CCOC(C)c1ccc(-c2ccccc2-c2ccc(OC)cc2)cc1. The Bertz CT molecular complexity index is 804. The molecule has 2 heteroatoms. The van der Waals surface area contributed by atoms with E-state index in [0.29, 0.717) is 0 Å². The molecule has 0 radical (unpaired) electrons. The van der Waals surface area contributed by atoms with E-state index < -0.39 is 0 Å². The normalized spacial score (nSPS) is 12.0. The Morgan fingerprint density at radius 2 is 1.28 bits per heavy atom. The summed E-state index contributed by atoms with van der Waals surface area (Å²) in [6.07, 6.45) is 0.121. The molecule has 0 aliphatic heterocycles. The lowest BCUT2D eigenvalue weighted by Crippen LogP contribution is -1.99. The van der Waals surface area contributed by atoms with Gasteiger partial charge in [-0.25, -0.2) is 0 Å². The van der Waals surface area contributed by atoms with Crippen LogP contribution in [-0.2, 0) is 4.74 Å². The smallest absolute Gasteiger partial charge is 0.118 e. The van der Waals surface area contributed by atoms with Gasteiger partial charge in [0.1, 0.15) is 5.75 Å². The number of rotatable bonds is 6. The van der Waals surface area contributed by atoms with Gasteiger partial charge in [0.2, 0.25) is 0 Å². The Morgan fingerprint density at radius 3 is 1.76 bits per heavy atom. The van der Waals surface area contributed by atoms with E-state index in [-0.39, 0.29) is 6.10 Å². The Labute approximate surface area is 150 Å². The first-order valence-corrected chi connectivity index (χ1v) is 8.68. The van der Waals surface area contributed by atoms with Crippen LogP contribution in [0.5, 0.6) is 5.75 Å². The summed E-state index contributed by atoms with van der Waals surface area (Å²) in [5, 5.41) is 0. The molecule has 0 saturated carbocycles. The lowest BCUT2D eigenvalue weighted by molar-refractivity contribution is 0.0764. The first kappa shape index (κ1) is 17.2. The Balaban J connectivity index is 1.95. The van der Waals surface area contributed by atoms with E-state index >= 15 is 0 Å². The van der Waals surface area contributed by atoms with Crippen molar-refractivity contribution >= 4 is 0 Å². The molecule has 3 aromatic rings. The predicted octanol–water partition coefficient (Wildman–Crippen LogP) is 6.13. The standard InChI is InChI=1S/C23H24O2/c1-4-25-17(2)18-9-11-19(12-10-18)22-7-5-6-8-23(22)20-13-15-21(24-3)16-14-20/h5-17H,4H2,1-3H3. The summed E-state index contributed by atoms with van der Waals surface area (Å²) in [7, 11) is 1.69. The molecule has 3 aromatic carbocycles. The predicted molar refractivity (Wildman–Crippen MR) is 104 cm³/mol. The third kappa shape index (κ3) is 3.92. The molecule has 1 unspecified atom stereocenters. The molecule has 3 rings (SSSR count). The largest absolute Gasteiger partial charge is 0.497 e. The third-order valence-electron chi connectivity index (χ3n) is 4.44. The van der Waals surface area contributed by atoms with Gasteiger partial charge < -0.3 is 9.47 Å². The molecular formula is C23H24O2. The number of ether oxygens (including phenoxy) is 2. The molecule has 0 saturated heterocycles. The van der Waals surface area contributed by atoms with Crippen molar-refractivity contribution in [3.63, 3.8) is 0 Å². The van der Waals surface area contributed by atoms with Crippen LogP contribution in [-0.4, -0.2) is 13.7 Å². The minimum absolute atomic E-state index is 0.121. The Morgan fingerprint density at radius 1 is 0.760 bits per heavy atom. The van der Waals surface area contributed by atoms with Gasteiger partial charge in [0.15, 0.2) is 0 Å². The number of benzene rings is 3. The summed E-state index contributed by atoms with van der Waals surface area (Å²) >= 11 is 0. The fourth-order valence-electron chi connectivity index (χ4n) is 3.04. The number of hydrogen-bond donors (Lipinski definition) is 0. The van der Waals surface area contributed by atoms with Crippen molar-refractivity contribution in [3.8, 4) is 28.0 Å². The highest BCUT2D eigenvalue weighted by atomic mass is 16.5. The zero-order chi connectivity index (χ0) is 17.6. The van der Waals surface area contributed by atoms with Crippen LogP contribution >= 0.6 is 0 Å². The van der Waals surface area contributed by atoms with Gasteiger partial charge in [0.05, 0.1) is 13.2 Å². The Hall–Kier alpha value is -2.58. The van der Waals surface area contributed by atoms with Crippen LogP contribution < -0.4 is 4.74 Å². The summed E-state index contributed by atoms with van der Waals surface area (Å²) < 4.78 is 10.9. The Kier molecular flexibility index (Phi) is 5.52. The minimum Gasteiger partial charge on any atom is -0.497 e. The number of hydrogen-bond acceptors (Lipinski definition) is 2. The van der Waals surface area contributed by atoms with Crippen LogP contribution in [0.4, 0.5) is 0 Å². The highest BCUT2D eigenvalue weighted by Gasteiger charge is 2.09. The fourth-order valence-corrected chi connectivity index (χ4v) is 3.04. The van der Waals surface area contributed by atoms with E-state index in [2.05, 4.69) is 67.6 Å². The molecule has 0 heterocycles. The molecule has 0 fully saturated rings. The molecule has 25 heavy (non-hydrogen) atoms. The second kappa shape index (κ2) is 8.00. The van der Waals surface area contributed by atoms with E-state index in [9.17, 15) is 0 Å².